The van der Waals surface area contributed by atoms with E-state index in [1.807, 2.05) is 42.0 Å². The van der Waals surface area contributed by atoms with E-state index in [2.05, 4.69) is 20.8 Å². The number of methoxy groups -OCH3 is 1. The van der Waals surface area contributed by atoms with Crippen molar-refractivity contribution in [3.05, 3.63) is 48.5 Å². The van der Waals surface area contributed by atoms with Gasteiger partial charge in [0.2, 0.25) is 0 Å². The van der Waals surface area contributed by atoms with E-state index in [0.717, 1.165) is 17.0 Å². The third-order valence-corrected chi connectivity index (χ3v) is 3.24. The van der Waals surface area contributed by atoms with Gasteiger partial charge in [-0.05, 0) is 36.8 Å². The minimum absolute atomic E-state index is 0.478. The fourth-order valence-corrected chi connectivity index (χ4v) is 1.94. The summed E-state index contributed by atoms with van der Waals surface area (Å²) < 4.78 is 6.88. The fraction of sp³-hybridized carbons (Fsp3) is 0.267. The summed E-state index contributed by atoms with van der Waals surface area (Å²) in [6, 6.07) is 8.06. The van der Waals surface area contributed by atoms with E-state index in [0.29, 0.717) is 18.3 Å². The van der Waals surface area contributed by atoms with Crippen LogP contribution in [0.2, 0.25) is 0 Å². The molecule has 1 aromatic carbocycles. The second-order valence-electron chi connectivity index (χ2n) is 4.57. The summed E-state index contributed by atoms with van der Waals surface area (Å²) in [5, 5.41) is 7.74. The summed E-state index contributed by atoms with van der Waals surface area (Å²) >= 11 is 5.12. The Bertz CT molecular complexity index is 622. The maximum Gasteiger partial charge on any atom is 0.187 e. The van der Waals surface area contributed by atoms with Crippen LogP contribution in [0.15, 0.2) is 48.1 Å². The first-order chi connectivity index (χ1) is 10.7. The zero-order chi connectivity index (χ0) is 15.8. The molecule has 0 bridgehead atoms. The molecule has 0 spiro atoms. The third-order valence-electron chi connectivity index (χ3n) is 3.00. The van der Waals surface area contributed by atoms with Crippen LogP contribution in [0.5, 0.6) is 0 Å². The van der Waals surface area contributed by atoms with Crippen LogP contribution < -0.4 is 10.7 Å². The summed E-state index contributed by atoms with van der Waals surface area (Å²) in [4.78, 5) is 4.03. The number of hydrazone groups is 1. The number of imidazole rings is 1. The Labute approximate surface area is 135 Å². The smallest absolute Gasteiger partial charge is 0.187 e. The third kappa shape index (κ3) is 4.64. The maximum absolute atomic E-state index is 5.12. The number of hydrogen-bond donors (Lipinski definition) is 2. The molecule has 0 atom stereocenters. The van der Waals surface area contributed by atoms with Gasteiger partial charge in [-0.1, -0.05) is 12.1 Å². The monoisotopic (exact) mass is 317 g/mol. The molecule has 0 unspecified atom stereocenters. The lowest BCUT2D eigenvalue weighted by Crippen LogP contribution is -2.34. The number of nitrogens with one attached hydrogen (secondary N) is 2. The molecule has 0 saturated carbocycles. The van der Waals surface area contributed by atoms with Gasteiger partial charge in [-0.15, -0.1) is 0 Å². The highest BCUT2D eigenvalue weighted by molar-refractivity contribution is 7.80. The predicted octanol–water partition coefficient (Wildman–Crippen LogP) is 1.71. The van der Waals surface area contributed by atoms with Crippen molar-refractivity contribution in [1.29, 1.82) is 0 Å². The summed E-state index contributed by atoms with van der Waals surface area (Å²) in [5.74, 6) is 0. The molecule has 2 N–H and O–H groups in total. The molecular weight excluding hydrogens is 298 g/mol. The van der Waals surface area contributed by atoms with E-state index in [-0.39, 0.29) is 0 Å². The van der Waals surface area contributed by atoms with Crippen molar-refractivity contribution in [3.63, 3.8) is 0 Å². The van der Waals surface area contributed by atoms with Gasteiger partial charge in [-0.3, -0.25) is 5.43 Å². The molecule has 0 aliphatic heterocycles. The number of aromatic nitrogens is 2. The molecule has 0 radical (unpaired) electrons. The topological polar surface area (TPSA) is 63.5 Å². The molecule has 2 rings (SSSR count). The Morgan fingerprint density at radius 2 is 2.14 bits per heavy atom. The molecular formula is C15H19N5OS. The predicted molar refractivity (Wildman–Crippen MR) is 91.4 cm³/mol. The molecule has 7 heteroatoms. The van der Waals surface area contributed by atoms with Crippen LogP contribution in [0.3, 0.4) is 0 Å². The van der Waals surface area contributed by atoms with Crippen molar-refractivity contribution in [1.82, 2.24) is 20.3 Å². The Morgan fingerprint density at radius 1 is 1.36 bits per heavy atom. The van der Waals surface area contributed by atoms with Gasteiger partial charge in [-0.25, -0.2) is 4.98 Å². The van der Waals surface area contributed by atoms with Crippen molar-refractivity contribution < 1.29 is 4.74 Å². The number of benzene rings is 1. The van der Waals surface area contributed by atoms with E-state index >= 15 is 0 Å². The van der Waals surface area contributed by atoms with Crippen LogP contribution in [0.25, 0.3) is 5.69 Å². The molecule has 0 saturated heterocycles. The number of thiocarbonyl (C=S) groups is 1. The number of rotatable bonds is 6. The lowest BCUT2D eigenvalue weighted by atomic mass is 10.1. The summed E-state index contributed by atoms with van der Waals surface area (Å²) in [6.07, 6.45) is 5.42. The largest absolute Gasteiger partial charge is 0.383 e. The zero-order valence-electron chi connectivity index (χ0n) is 12.6. The molecule has 1 heterocycles. The standard InChI is InChI=1S/C15H19N5OS/c1-12(18-19-15(22)17-8-10-21-2)13-3-5-14(6-4-13)20-9-7-16-11-20/h3-7,9,11H,8,10H2,1-2H3,(H2,17,19,22)/b18-12-. The van der Waals surface area contributed by atoms with Crippen LogP contribution in [-0.2, 0) is 4.74 Å². The van der Waals surface area contributed by atoms with Crippen molar-refractivity contribution in [3.8, 4) is 5.69 Å². The minimum Gasteiger partial charge on any atom is -0.383 e. The van der Waals surface area contributed by atoms with Crippen LogP contribution >= 0.6 is 12.2 Å². The Hall–Kier alpha value is -2.25. The van der Waals surface area contributed by atoms with E-state index in [4.69, 9.17) is 17.0 Å². The molecule has 0 amide bonds. The first kappa shape index (κ1) is 16.1. The fourth-order valence-electron chi connectivity index (χ4n) is 1.79. The normalized spacial score (nSPS) is 11.3. The first-order valence-corrected chi connectivity index (χ1v) is 7.27. The molecule has 2 aromatic rings. The van der Waals surface area contributed by atoms with Crippen molar-refractivity contribution in [2.24, 2.45) is 5.10 Å². The molecule has 116 valence electrons. The van der Waals surface area contributed by atoms with Gasteiger partial charge in [0.05, 0.1) is 18.6 Å². The minimum atomic E-state index is 0.478. The van der Waals surface area contributed by atoms with Gasteiger partial charge >= 0.3 is 0 Å². The lowest BCUT2D eigenvalue weighted by molar-refractivity contribution is 0.204. The van der Waals surface area contributed by atoms with Crippen LogP contribution in [0, 0.1) is 0 Å². The van der Waals surface area contributed by atoms with E-state index in [1.54, 1.807) is 19.6 Å². The Balaban J connectivity index is 1.93. The van der Waals surface area contributed by atoms with Gasteiger partial charge in [0, 0.05) is 31.7 Å². The molecule has 6 nitrogen and oxygen atoms in total. The van der Waals surface area contributed by atoms with Gasteiger partial charge in [-0.2, -0.15) is 5.10 Å². The van der Waals surface area contributed by atoms with Gasteiger partial charge < -0.3 is 14.6 Å². The van der Waals surface area contributed by atoms with Crippen molar-refractivity contribution in [2.75, 3.05) is 20.3 Å². The van der Waals surface area contributed by atoms with Crippen molar-refractivity contribution in [2.45, 2.75) is 6.92 Å². The maximum atomic E-state index is 5.12. The van der Waals surface area contributed by atoms with E-state index in [1.165, 1.54) is 0 Å². The molecule has 0 fully saturated rings. The molecule has 1 aromatic heterocycles. The summed E-state index contributed by atoms with van der Waals surface area (Å²) in [6.45, 7) is 3.17. The van der Waals surface area contributed by atoms with Gasteiger partial charge in [0.1, 0.15) is 0 Å². The van der Waals surface area contributed by atoms with Gasteiger partial charge in [0.15, 0.2) is 5.11 Å². The second kappa shape index (κ2) is 8.26. The quantitative estimate of drug-likeness (QED) is 0.367. The number of hydrogen-bond acceptors (Lipinski definition) is 4. The molecule has 22 heavy (non-hydrogen) atoms. The summed E-state index contributed by atoms with van der Waals surface area (Å²) in [7, 11) is 1.65. The SMILES string of the molecule is COCCNC(=S)N/N=C(/C)c1ccc(-n2ccnc2)cc1. The highest BCUT2D eigenvalue weighted by atomic mass is 32.1. The number of ether oxygens (including phenoxy) is 1. The van der Waals surface area contributed by atoms with Crippen LogP contribution in [0.1, 0.15) is 12.5 Å². The first-order valence-electron chi connectivity index (χ1n) is 6.86. The van der Waals surface area contributed by atoms with Crippen molar-refractivity contribution >= 4 is 23.0 Å². The average Bonchev–Trinajstić information content (AvgIpc) is 3.07. The van der Waals surface area contributed by atoms with Crippen LogP contribution in [0.4, 0.5) is 0 Å². The van der Waals surface area contributed by atoms with E-state index < -0.39 is 0 Å². The van der Waals surface area contributed by atoms with Crippen LogP contribution in [-0.4, -0.2) is 40.6 Å². The average molecular weight is 317 g/mol. The highest BCUT2D eigenvalue weighted by Gasteiger charge is 2.00. The van der Waals surface area contributed by atoms with E-state index in [9.17, 15) is 0 Å². The summed E-state index contributed by atoms with van der Waals surface area (Å²) in [5.41, 5.74) is 5.75. The number of nitrogens with zero attached hydrogens (tertiary/aromatic N) is 3. The lowest BCUT2D eigenvalue weighted by Gasteiger charge is -2.08. The Kier molecular flexibility index (Phi) is 6.05. The molecule has 0 aliphatic carbocycles. The Morgan fingerprint density at radius 3 is 2.77 bits per heavy atom. The highest BCUT2D eigenvalue weighted by Crippen LogP contribution is 2.09. The molecule has 0 aliphatic rings. The second-order valence-corrected chi connectivity index (χ2v) is 4.98. The van der Waals surface area contributed by atoms with Gasteiger partial charge in [0.25, 0.3) is 0 Å². The zero-order valence-corrected chi connectivity index (χ0v) is 13.4.